The molecule has 104 valence electrons. The Hall–Kier alpha value is -2.76. The van der Waals surface area contributed by atoms with E-state index in [0.29, 0.717) is 11.5 Å². The van der Waals surface area contributed by atoms with Crippen LogP contribution in [0.4, 0.5) is 0 Å². The van der Waals surface area contributed by atoms with Crippen LogP contribution in [-0.4, -0.2) is 25.4 Å². The lowest BCUT2D eigenvalue weighted by molar-refractivity contribution is 0.0893. The fraction of sp³-hybridized carbons (Fsp3) is 0.143. The van der Waals surface area contributed by atoms with E-state index >= 15 is 0 Å². The summed E-state index contributed by atoms with van der Waals surface area (Å²) in [5.41, 5.74) is 5.45. The number of benzene rings is 1. The summed E-state index contributed by atoms with van der Waals surface area (Å²) in [6.45, 7) is -0.209. The topological polar surface area (TPSA) is 91.8 Å². The normalized spacial score (nSPS) is 10.1. The average molecular weight is 275 g/mol. The standard InChI is InChI=1S/C14H13NO5/c1-18-10-5-9(14(15)17)6-11(7-10)20-8-12(16)13-3-2-4-19-13/h2-7H,8H2,1H3,(H2,15,17). The molecule has 0 aliphatic carbocycles. The van der Waals surface area contributed by atoms with Crippen LogP contribution in [0.2, 0.25) is 0 Å². The lowest BCUT2D eigenvalue weighted by Gasteiger charge is -2.08. The van der Waals surface area contributed by atoms with Gasteiger partial charge in [-0.25, -0.2) is 0 Å². The average Bonchev–Trinajstić information content (AvgIpc) is 2.98. The van der Waals surface area contributed by atoms with Gasteiger partial charge in [0, 0.05) is 11.6 Å². The van der Waals surface area contributed by atoms with Crippen molar-refractivity contribution in [2.75, 3.05) is 13.7 Å². The molecule has 1 aromatic heterocycles. The molecule has 0 radical (unpaired) electrons. The van der Waals surface area contributed by atoms with Crippen LogP contribution in [0.1, 0.15) is 20.9 Å². The molecular weight excluding hydrogens is 262 g/mol. The van der Waals surface area contributed by atoms with Gasteiger partial charge in [-0.1, -0.05) is 0 Å². The van der Waals surface area contributed by atoms with Gasteiger partial charge in [-0.15, -0.1) is 0 Å². The highest BCUT2D eigenvalue weighted by Gasteiger charge is 2.11. The number of hydrogen-bond acceptors (Lipinski definition) is 5. The van der Waals surface area contributed by atoms with Crippen molar-refractivity contribution in [3.8, 4) is 11.5 Å². The zero-order valence-electron chi connectivity index (χ0n) is 10.8. The van der Waals surface area contributed by atoms with Crippen molar-refractivity contribution in [3.63, 3.8) is 0 Å². The lowest BCUT2D eigenvalue weighted by atomic mass is 10.2. The Bertz CT molecular complexity index is 618. The number of hydrogen-bond donors (Lipinski definition) is 1. The molecule has 0 bridgehead atoms. The van der Waals surface area contributed by atoms with Gasteiger partial charge < -0.3 is 19.6 Å². The minimum absolute atomic E-state index is 0.209. The minimum Gasteiger partial charge on any atom is -0.497 e. The Morgan fingerprint density at radius 1 is 1.25 bits per heavy atom. The van der Waals surface area contributed by atoms with Crippen molar-refractivity contribution in [3.05, 3.63) is 47.9 Å². The number of carbonyl (C=O) groups excluding carboxylic acids is 2. The van der Waals surface area contributed by atoms with E-state index in [9.17, 15) is 9.59 Å². The van der Waals surface area contributed by atoms with Crippen LogP contribution in [0.5, 0.6) is 11.5 Å². The summed E-state index contributed by atoms with van der Waals surface area (Å²) in [7, 11) is 1.46. The van der Waals surface area contributed by atoms with E-state index in [1.165, 1.54) is 25.5 Å². The summed E-state index contributed by atoms with van der Waals surface area (Å²) in [6, 6.07) is 7.65. The molecule has 0 saturated carbocycles. The first-order valence-corrected chi connectivity index (χ1v) is 5.78. The number of primary amides is 1. The van der Waals surface area contributed by atoms with Crippen molar-refractivity contribution in [2.45, 2.75) is 0 Å². The molecule has 2 rings (SSSR count). The van der Waals surface area contributed by atoms with E-state index in [1.54, 1.807) is 18.2 Å². The first-order chi connectivity index (χ1) is 9.60. The van der Waals surface area contributed by atoms with Crippen LogP contribution in [0.3, 0.4) is 0 Å². The molecular formula is C14H13NO5. The van der Waals surface area contributed by atoms with Crippen molar-refractivity contribution in [2.24, 2.45) is 5.73 Å². The summed E-state index contributed by atoms with van der Waals surface area (Å²) in [5.74, 6) is 0.0346. The summed E-state index contributed by atoms with van der Waals surface area (Å²) in [6.07, 6.45) is 1.41. The summed E-state index contributed by atoms with van der Waals surface area (Å²) in [4.78, 5) is 22.9. The van der Waals surface area contributed by atoms with E-state index in [2.05, 4.69) is 0 Å². The number of methoxy groups -OCH3 is 1. The molecule has 2 aromatic rings. The number of carbonyl (C=O) groups is 2. The fourth-order valence-corrected chi connectivity index (χ4v) is 1.57. The molecule has 0 saturated heterocycles. The Balaban J connectivity index is 2.11. The van der Waals surface area contributed by atoms with Gasteiger partial charge in [0.1, 0.15) is 11.5 Å². The molecule has 1 amide bonds. The SMILES string of the molecule is COc1cc(OCC(=O)c2ccco2)cc(C(N)=O)c1. The maximum atomic E-state index is 11.7. The highest BCUT2D eigenvalue weighted by Crippen LogP contribution is 2.22. The van der Waals surface area contributed by atoms with Crippen molar-refractivity contribution in [1.29, 1.82) is 0 Å². The highest BCUT2D eigenvalue weighted by atomic mass is 16.5. The Morgan fingerprint density at radius 3 is 2.60 bits per heavy atom. The number of ketones is 1. The zero-order chi connectivity index (χ0) is 14.5. The number of furan rings is 1. The van der Waals surface area contributed by atoms with E-state index in [1.807, 2.05) is 0 Å². The van der Waals surface area contributed by atoms with Crippen LogP contribution in [-0.2, 0) is 0 Å². The third-order valence-electron chi connectivity index (χ3n) is 2.57. The van der Waals surface area contributed by atoms with Gasteiger partial charge in [0.2, 0.25) is 11.7 Å². The minimum atomic E-state index is -0.605. The second kappa shape index (κ2) is 5.92. The van der Waals surface area contributed by atoms with E-state index < -0.39 is 5.91 Å². The molecule has 2 N–H and O–H groups in total. The molecule has 0 spiro atoms. The van der Waals surface area contributed by atoms with Gasteiger partial charge in [-0.05, 0) is 24.3 Å². The number of Topliss-reactive ketones (excluding diaryl/α,β-unsaturated/α-hetero) is 1. The second-order valence-corrected chi connectivity index (χ2v) is 3.95. The van der Waals surface area contributed by atoms with Crippen molar-refractivity contribution < 1.29 is 23.5 Å². The monoisotopic (exact) mass is 275 g/mol. The molecule has 6 nitrogen and oxygen atoms in total. The Labute approximate surface area is 115 Å². The lowest BCUT2D eigenvalue weighted by Crippen LogP contribution is -2.13. The van der Waals surface area contributed by atoms with E-state index in [0.717, 1.165) is 0 Å². The third-order valence-corrected chi connectivity index (χ3v) is 2.57. The molecule has 1 heterocycles. The van der Waals surface area contributed by atoms with Crippen LogP contribution in [0.15, 0.2) is 41.0 Å². The number of ether oxygens (including phenoxy) is 2. The van der Waals surface area contributed by atoms with Crippen LogP contribution in [0, 0.1) is 0 Å². The van der Waals surface area contributed by atoms with Gasteiger partial charge in [-0.3, -0.25) is 9.59 Å². The van der Waals surface area contributed by atoms with Gasteiger partial charge >= 0.3 is 0 Å². The molecule has 0 atom stereocenters. The molecule has 0 unspecified atom stereocenters. The molecule has 0 aliphatic rings. The quantitative estimate of drug-likeness (QED) is 0.809. The summed E-state index contributed by atoms with van der Waals surface area (Å²) in [5, 5.41) is 0. The van der Waals surface area contributed by atoms with Crippen molar-refractivity contribution in [1.82, 2.24) is 0 Å². The molecule has 20 heavy (non-hydrogen) atoms. The number of rotatable bonds is 6. The molecule has 6 heteroatoms. The zero-order valence-corrected chi connectivity index (χ0v) is 10.8. The first-order valence-electron chi connectivity index (χ1n) is 5.78. The molecule has 1 aromatic carbocycles. The smallest absolute Gasteiger partial charge is 0.248 e. The van der Waals surface area contributed by atoms with Gasteiger partial charge in [0.15, 0.2) is 12.4 Å². The Kier molecular flexibility index (Phi) is 4.05. The van der Waals surface area contributed by atoms with E-state index in [4.69, 9.17) is 19.6 Å². The third kappa shape index (κ3) is 3.17. The molecule has 0 aliphatic heterocycles. The fourth-order valence-electron chi connectivity index (χ4n) is 1.57. The van der Waals surface area contributed by atoms with Gasteiger partial charge in [-0.2, -0.15) is 0 Å². The first kappa shape index (κ1) is 13.7. The second-order valence-electron chi connectivity index (χ2n) is 3.95. The van der Waals surface area contributed by atoms with Crippen molar-refractivity contribution >= 4 is 11.7 Å². The summed E-state index contributed by atoms with van der Waals surface area (Å²) >= 11 is 0. The highest BCUT2D eigenvalue weighted by molar-refractivity contribution is 5.95. The number of amides is 1. The van der Waals surface area contributed by atoms with Gasteiger partial charge in [0.25, 0.3) is 0 Å². The number of nitrogens with two attached hydrogens (primary N) is 1. The van der Waals surface area contributed by atoms with Crippen LogP contribution in [0.25, 0.3) is 0 Å². The maximum absolute atomic E-state index is 11.7. The Morgan fingerprint density at radius 2 is 2.00 bits per heavy atom. The largest absolute Gasteiger partial charge is 0.497 e. The summed E-state index contributed by atoms with van der Waals surface area (Å²) < 4.78 is 15.3. The van der Waals surface area contributed by atoms with Crippen LogP contribution >= 0.6 is 0 Å². The van der Waals surface area contributed by atoms with E-state index in [-0.39, 0.29) is 23.7 Å². The maximum Gasteiger partial charge on any atom is 0.248 e. The predicted octanol–water partition coefficient (Wildman–Crippen LogP) is 1.65. The van der Waals surface area contributed by atoms with Gasteiger partial charge in [0.05, 0.1) is 13.4 Å². The molecule has 0 fully saturated rings. The predicted molar refractivity (Wildman–Crippen MR) is 70.0 cm³/mol. The van der Waals surface area contributed by atoms with Crippen LogP contribution < -0.4 is 15.2 Å².